The molecule has 3 aromatic heterocycles. The molecular formula is C17H23Cl2N9. The van der Waals surface area contributed by atoms with Gasteiger partial charge in [-0.25, -0.2) is 15.0 Å². The molecule has 0 radical (unpaired) electrons. The van der Waals surface area contributed by atoms with Gasteiger partial charge in [0.05, 0.1) is 23.2 Å². The molecule has 3 N–H and O–H groups in total. The second kappa shape index (κ2) is 9.11. The van der Waals surface area contributed by atoms with E-state index in [0.717, 1.165) is 29.1 Å². The van der Waals surface area contributed by atoms with Crippen LogP contribution in [0.1, 0.15) is 12.6 Å². The maximum Gasteiger partial charge on any atom is 0.191 e. The van der Waals surface area contributed by atoms with E-state index in [9.17, 15) is 0 Å². The highest BCUT2D eigenvalue weighted by Gasteiger charge is 2.09. The van der Waals surface area contributed by atoms with E-state index < -0.39 is 0 Å². The van der Waals surface area contributed by atoms with Crippen molar-refractivity contribution in [1.82, 2.24) is 34.9 Å². The molecule has 150 valence electrons. The number of fused-ring (bicyclic) bond motifs is 1. The van der Waals surface area contributed by atoms with Crippen molar-refractivity contribution in [3.8, 4) is 0 Å². The molecule has 0 aromatic carbocycles. The number of halogens is 2. The normalized spacial score (nSPS) is 11.8. The highest BCUT2D eigenvalue weighted by molar-refractivity contribution is 6.41. The predicted molar refractivity (Wildman–Crippen MR) is 113 cm³/mol. The first kappa shape index (κ1) is 20.2. The van der Waals surface area contributed by atoms with E-state index in [1.165, 1.54) is 6.33 Å². The fourth-order valence-electron chi connectivity index (χ4n) is 2.71. The first-order valence-electron chi connectivity index (χ1n) is 8.89. The predicted octanol–water partition coefficient (Wildman–Crippen LogP) is 2.18. The van der Waals surface area contributed by atoms with Crippen molar-refractivity contribution in [3.63, 3.8) is 0 Å². The molecular weight excluding hydrogens is 401 g/mol. The summed E-state index contributed by atoms with van der Waals surface area (Å²) in [6.07, 6.45) is 3.29. The zero-order chi connectivity index (χ0) is 20.1. The lowest BCUT2D eigenvalue weighted by Crippen LogP contribution is -2.39. The zero-order valence-electron chi connectivity index (χ0n) is 16.0. The lowest BCUT2D eigenvalue weighted by Gasteiger charge is -2.12. The van der Waals surface area contributed by atoms with Gasteiger partial charge in [0.1, 0.15) is 17.3 Å². The minimum atomic E-state index is 0.466. The number of nitrogens with one attached hydrogen (secondary N) is 3. The largest absolute Gasteiger partial charge is 0.368 e. The van der Waals surface area contributed by atoms with Gasteiger partial charge in [-0.05, 0) is 13.0 Å². The van der Waals surface area contributed by atoms with Crippen LogP contribution in [-0.2, 0) is 20.6 Å². The van der Waals surface area contributed by atoms with E-state index in [1.807, 2.05) is 31.7 Å². The van der Waals surface area contributed by atoms with Gasteiger partial charge in [0, 0.05) is 39.4 Å². The Kier molecular flexibility index (Phi) is 6.58. The third-order valence-electron chi connectivity index (χ3n) is 4.20. The minimum absolute atomic E-state index is 0.466. The summed E-state index contributed by atoms with van der Waals surface area (Å²) in [6.45, 7) is 4.56. The molecule has 3 heterocycles. The lowest BCUT2D eigenvalue weighted by molar-refractivity contribution is 0.785. The molecule has 28 heavy (non-hydrogen) atoms. The number of hydrogen-bond acceptors (Lipinski definition) is 5. The number of hydrogen-bond donors (Lipinski definition) is 3. The van der Waals surface area contributed by atoms with Gasteiger partial charge in [-0.3, -0.25) is 4.68 Å². The Hall–Kier alpha value is -2.52. The number of nitrogens with zero attached hydrogens (tertiary/aromatic N) is 6. The van der Waals surface area contributed by atoms with Crippen LogP contribution < -0.4 is 16.0 Å². The van der Waals surface area contributed by atoms with Gasteiger partial charge in [0.25, 0.3) is 0 Å². The molecule has 0 fully saturated rings. The van der Waals surface area contributed by atoms with Crippen molar-refractivity contribution in [2.75, 3.05) is 25.0 Å². The van der Waals surface area contributed by atoms with Crippen LogP contribution in [0.3, 0.4) is 0 Å². The zero-order valence-corrected chi connectivity index (χ0v) is 17.5. The maximum atomic E-state index is 6.11. The Morgan fingerprint density at radius 3 is 2.71 bits per heavy atom. The SMILES string of the molecule is CCNC(=NCc1cc(Cl)c(Cl)n1C)NCCNc1ncnc2c1cnn2C. The summed E-state index contributed by atoms with van der Waals surface area (Å²) in [5.41, 5.74) is 1.73. The van der Waals surface area contributed by atoms with Crippen LogP contribution in [0.5, 0.6) is 0 Å². The molecule has 9 nitrogen and oxygen atoms in total. The van der Waals surface area contributed by atoms with Crippen LogP contribution >= 0.6 is 23.2 Å². The summed E-state index contributed by atoms with van der Waals surface area (Å²) < 4.78 is 3.55. The van der Waals surface area contributed by atoms with Gasteiger partial charge in [0.2, 0.25) is 0 Å². The molecule has 3 rings (SSSR count). The lowest BCUT2D eigenvalue weighted by atomic mass is 10.4. The highest BCUT2D eigenvalue weighted by Crippen LogP contribution is 2.25. The number of aromatic nitrogens is 5. The second-order valence-electron chi connectivity index (χ2n) is 6.11. The molecule has 0 atom stereocenters. The van der Waals surface area contributed by atoms with Gasteiger partial charge in [-0.15, -0.1) is 0 Å². The van der Waals surface area contributed by atoms with E-state index in [4.69, 9.17) is 23.2 Å². The highest BCUT2D eigenvalue weighted by atomic mass is 35.5. The summed E-state index contributed by atoms with van der Waals surface area (Å²) in [7, 11) is 3.72. The van der Waals surface area contributed by atoms with Gasteiger partial charge < -0.3 is 20.5 Å². The summed E-state index contributed by atoms with van der Waals surface area (Å²) >= 11 is 12.2. The third kappa shape index (κ3) is 4.48. The first-order valence-corrected chi connectivity index (χ1v) is 9.65. The minimum Gasteiger partial charge on any atom is -0.368 e. The van der Waals surface area contributed by atoms with Crippen LogP contribution in [0.2, 0.25) is 10.2 Å². The quantitative estimate of drug-likeness (QED) is 0.306. The van der Waals surface area contributed by atoms with Crippen molar-refractivity contribution in [2.45, 2.75) is 13.5 Å². The van der Waals surface area contributed by atoms with Crippen LogP contribution in [0.25, 0.3) is 11.0 Å². The molecule has 0 spiro atoms. The molecule has 11 heteroatoms. The number of rotatable bonds is 7. The molecule has 3 aromatic rings. The molecule has 0 aliphatic carbocycles. The monoisotopic (exact) mass is 423 g/mol. The van der Waals surface area contributed by atoms with Gasteiger partial charge in [-0.1, -0.05) is 23.2 Å². The Labute approximate surface area is 173 Å². The standard InChI is InChI=1S/C17H23Cl2N9/c1-4-20-17(23-8-11-7-13(18)14(19)27(11)2)22-6-5-21-15-12-9-26-28(3)16(12)25-10-24-15/h7,9-10H,4-6,8H2,1-3H3,(H2,20,22,23)(H,21,24,25). The molecule has 0 saturated heterocycles. The van der Waals surface area contributed by atoms with Crippen LogP contribution in [-0.4, -0.2) is 49.9 Å². The van der Waals surface area contributed by atoms with Crippen molar-refractivity contribution in [2.24, 2.45) is 19.1 Å². The average Bonchev–Trinajstić information content (AvgIpc) is 3.18. The molecule has 0 saturated carbocycles. The molecule has 0 unspecified atom stereocenters. The van der Waals surface area contributed by atoms with Gasteiger partial charge in [0.15, 0.2) is 11.6 Å². The van der Waals surface area contributed by atoms with Crippen molar-refractivity contribution < 1.29 is 0 Å². The Morgan fingerprint density at radius 2 is 2.00 bits per heavy atom. The Balaban J connectivity index is 1.56. The first-order chi connectivity index (χ1) is 13.5. The van der Waals surface area contributed by atoms with E-state index in [2.05, 4.69) is 36.0 Å². The Morgan fingerprint density at radius 1 is 1.18 bits per heavy atom. The number of anilines is 1. The van der Waals surface area contributed by atoms with Gasteiger partial charge >= 0.3 is 0 Å². The summed E-state index contributed by atoms with van der Waals surface area (Å²) in [6, 6.07) is 1.83. The van der Waals surface area contributed by atoms with Crippen LogP contribution in [0.4, 0.5) is 5.82 Å². The van der Waals surface area contributed by atoms with Crippen molar-refractivity contribution in [1.29, 1.82) is 0 Å². The van der Waals surface area contributed by atoms with E-state index in [0.29, 0.717) is 35.8 Å². The van der Waals surface area contributed by atoms with E-state index in [-0.39, 0.29) is 0 Å². The van der Waals surface area contributed by atoms with Gasteiger partial charge in [-0.2, -0.15) is 5.10 Å². The fraction of sp³-hybridized carbons (Fsp3) is 0.412. The second-order valence-corrected chi connectivity index (χ2v) is 6.88. The molecule has 0 aliphatic heterocycles. The topological polar surface area (TPSA) is 97.0 Å². The van der Waals surface area contributed by atoms with Crippen LogP contribution in [0.15, 0.2) is 23.6 Å². The number of aryl methyl sites for hydroxylation is 1. The van der Waals surface area contributed by atoms with E-state index in [1.54, 1.807) is 10.9 Å². The third-order valence-corrected chi connectivity index (χ3v) is 5.04. The average molecular weight is 424 g/mol. The van der Waals surface area contributed by atoms with Crippen molar-refractivity contribution in [3.05, 3.63) is 34.5 Å². The van der Waals surface area contributed by atoms with Crippen LogP contribution in [0, 0.1) is 0 Å². The number of aliphatic imine (C=N–C) groups is 1. The molecule has 0 aliphatic rings. The van der Waals surface area contributed by atoms with E-state index >= 15 is 0 Å². The Bertz CT molecular complexity index is 977. The van der Waals surface area contributed by atoms with Crippen molar-refractivity contribution >= 4 is 46.0 Å². The smallest absolute Gasteiger partial charge is 0.191 e. The molecule has 0 bridgehead atoms. The summed E-state index contributed by atoms with van der Waals surface area (Å²) in [5, 5.41) is 16.0. The number of guanidine groups is 1. The maximum absolute atomic E-state index is 6.11. The summed E-state index contributed by atoms with van der Waals surface area (Å²) in [4.78, 5) is 13.1. The summed E-state index contributed by atoms with van der Waals surface area (Å²) in [5.74, 6) is 1.47. The fourth-order valence-corrected chi connectivity index (χ4v) is 3.12. The molecule has 0 amide bonds.